The highest BCUT2D eigenvalue weighted by atomic mass is 79.9. The van der Waals surface area contributed by atoms with Crippen molar-refractivity contribution in [3.05, 3.63) is 67.7 Å². The van der Waals surface area contributed by atoms with Gasteiger partial charge in [0.2, 0.25) is 4.80 Å². The van der Waals surface area contributed by atoms with Gasteiger partial charge in [0.25, 0.3) is 10.0 Å². The lowest BCUT2D eigenvalue weighted by Gasteiger charge is -2.25. The molecule has 0 radical (unpaired) electrons. The van der Waals surface area contributed by atoms with Crippen molar-refractivity contribution in [2.45, 2.75) is 43.0 Å². The Bertz CT molecular complexity index is 1160. The van der Waals surface area contributed by atoms with Crippen LogP contribution in [0.1, 0.15) is 38.1 Å². The topological polar surface area (TPSA) is 51.4 Å². The van der Waals surface area contributed by atoms with Crippen molar-refractivity contribution in [1.82, 2.24) is 4.57 Å². The second-order valence-corrected chi connectivity index (χ2v) is 11.4. The molecule has 4 rings (SSSR count). The Hall–Kier alpha value is -1.22. The highest BCUT2D eigenvalue weighted by Gasteiger charge is 2.22. The van der Waals surface area contributed by atoms with E-state index >= 15 is 0 Å². The van der Waals surface area contributed by atoms with Crippen molar-refractivity contribution >= 4 is 53.2 Å². The van der Waals surface area contributed by atoms with E-state index in [1.807, 2.05) is 17.5 Å². The quantitative estimate of drug-likeness (QED) is 0.367. The Balaban J connectivity index is 1.85. The predicted molar refractivity (Wildman–Crippen MR) is 124 cm³/mol. The highest BCUT2D eigenvalue weighted by Crippen LogP contribution is 2.33. The Morgan fingerprint density at radius 1 is 0.897 bits per heavy atom. The second-order valence-electron chi connectivity index (χ2n) is 7.09. The van der Waals surface area contributed by atoms with Gasteiger partial charge >= 0.3 is 0 Å². The third-order valence-corrected chi connectivity index (χ3v) is 8.43. The van der Waals surface area contributed by atoms with Crippen LogP contribution in [0, 0.1) is 0 Å². The fourth-order valence-corrected chi connectivity index (χ4v) is 6.37. The van der Waals surface area contributed by atoms with E-state index in [0.717, 1.165) is 45.9 Å². The van der Waals surface area contributed by atoms with Gasteiger partial charge in [-0.3, -0.25) is 0 Å². The molecule has 1 heterocycles. The van der Waals surface area contributed by atoms with Gasteiger partial charge in [-0.25, -0.2) is 0 Å². The fourth-order valence-electron chi connectivity index (χ4n) is 3.67. The maximum atomic E-state index is 12.9. The minimum Gasteiger partial charge on any atom is -0.313 e. The number of hydrogen-bond acceptors (Lipinski definition) is 3. The number of benzene rings is 2. The molecule has 0 atom stereocenters. The molecule has 8 heteroatoms. The number of aromatic nitrogens is 1. The zero-order valence-corrected chi connectivity index (χ0v) is 20.4. The van der Waals surface area contributed by atoms with Crippen molar-refractivity contribution < 1.29 is 8.42 Å². The van der Waals surface area contributed by atoms with Crippen molar-refractivity contribution in [1.29, 1.82) is 0 Å². The van der Waals surface area contributed by atoms with Crippen LogP contribution in [-0.4, -0.2) is 13.0 Å². The van der Waals surface area contributed by atoms with Crippen LogP contribution in [0.25, 0.3) is 11.3 Å². The van der Waals surface area contributed by atoms with Gasteiger partial charge in [0.15, 0.2) is 0 Å². The van der Waals surface area contributed by atoms with Gasteiger partial charge in [-0.2, -0.15) is 8.42 Å². The summed E-state index contributed by atoms with van der Waals surface area (Å²) in [4.78, 5) is 0.743. The zero-order chi connectivity index (χ0) is 20.4. The van der Waals surface area contributed by atoms with Crippen LogP contribution in [0.5, 0.6) is 0 Å². The zero-order valence-electron chi connectivity index (χ0n) is 15.6. The Labute approximate surface area is 191 Å². The summed E-state index contributed by atoms with van der Waals surface area (Å²) < 4.78 is 34.1. The fraction of sp³-hybridized carbons (Fsp3) is 0.286. The van der Waals surface area contributed by atoms with E-state index in [4.69, 9.17) is 0 Å². The molecule has 4 nitrogen and oxygen atoms in total. The Morgan fingerprint density at radius 2 is 1.48 bits per heavy atom. The predicted octanol–water partition coefficient (Wildman–Crippen LogP) is 6.54. The number of hydrogen-bond donors (Lipinski definition) is 0. The molecular formula is C21H20Br2N2O2S2. The Kier molecular flexibility index (Phi) is 6.44. The monoisotopic (exact) mass is 554 g/mol. The normalized spacial score (nSPS) is 16.3. The second kappa shape index (κ2) is 8.88. The van der Waals surface area contributed by atoms with Crippen LogP contribution in [0.4, 0.5) is 0 Å². The summed E-state index contributed by atoms with van der Waals surface area (Å²) >= 11 is 8.22. The summed E-state index contributed by atoms with van der Waals surface area (Å²) in [5, 5.41) is 2.02. The van der Waals surface area contributed by atoms with Crippen LogP contribution in [0.3, 0.4) is 0 Å². The molecule has 1 aliphatic carbocycles. The third kappa shape index (κ3) is 4.76. The van der Waals surface area contributed by atoms with Gasteiger partial charge in [0, 0.05) is 20.4 Å². The van der Waals surface area contributed by atoms with Gasteiger partial charge < -0.3 is 4.57 Å². The number of halogens is 2. The van der Waals surface area contributed by atoms with E-state index in [-0.39, 0.29) is 10.9 Å². The van der Waals surface area contributed by atoms with E-state index in [2.05, 4.69) is 53.0 Å². The van der Waals surface area contributed by atoms with Crippen LogP contribution >= 0.6 is 43.2 Å². The maximum absolute atomic E-state index is 12.9. The largest absolute Gasteiger partial charge is 0.313 e. The third-order valence-electron chi connectivity index (χ3n) is 5.13. The summed E-state index contributed by atoms with van der Waals surface area (Å²) in [5.41, 5.74) is 2.09. The maximum Gasteiger partial charge on any atom is 0.285 e. The number of nitrogens with zero attached hydrogens (tertiary/aromatic N) is 2. The van der Waals surface area contributed by atoms with E-state index in [0.29, 0.717) is 4.80 Å². The summed E-state index contributed by atoms with van der Waals surface area (Å²) in [6.45, 7) is 0. The van der Waals surface area contributed by atoms with Crippen LogP contribution in [0.15, 0.2) is 72.1 Å². The first-order valence-corrected chi connectivity index (χ1v) is 13.4. The summed E-state index contributed by atoms with van der Waals surface area (Å²) in [6, 6.07) is 15.0. The average molecular weight is 556 g/mol. The summed E-state index contributed by atoms with van der Waals surface area (Å²) in [7, 11) is -3.78. The lowest BCUT2D eigenvalue weighted by atomic mass is 9.95. The molecule has 3 aromatic rings. The van der Waals surface area contributed by atoms with Crippen molar-refractivity contribution in [3.63, 3.8) is 0 Å². The lowest BCUT2D eigenvalue weighted by Crippen LogP contribution is -2.25. The van der Waals surface area contributed by atoms with Crippen LogP contribution < -0.4 is 4.80 Å². The molecule has 29 heavy (non-hydrogen) atoms. The highest BCUT2D eigenvalue weighted by molar-refractivity contribution is 9.10. The molecule has 0 amide bonds. The van der Waals surface area contributed by atoms with E-state index in [9.17, 15) is 8.42 Å². The van der Waals surface area contributed by atoms with Crippen molar-refractivity contribution in [2.75, 3.05) is 0 Å². The van der Waals surface area contributed by atoms with Crippen molar-refractivity contribution in [3.8, 4) is 11.3 Å². The van der Waals surface area contributed by atoms with Gasteiger partial charge in [-0.15, -0.1) is 15.7 Å². The first-order chi connectivity index (χ1) is 13.9. The first kappa shape index (κ1) is 21.0. The minimum atomic E-state index is -3.78. The summed E-state index contributed by atoms with van der Waals surface area (Å²) in [5.74, 6) is 0. The molecule has 0 unspecified atom stereocenters. The average Bonchev–Trinajstić information content (AvgIpc) is 3.12. The molecule has 1 aliphatic rings. The lowest BCUT2D eigenvalue weighted by molar-refractivity contribution is 0.351. The molecule has 1 saturated carbocycles. The SMILES string of the molecule is O=S(=O)(N=c1scc(-c2ccc(Br)cc2)n1C1CCCCC1)c1ccc(Br)cc1. The number of thiazole rings is 1. The molecule has 0 bridgehead atoms. The molecule has 0 spiro atoms. The number of sulfonamides is 1. The molecule has 1 fully saturated rings. The first-order valence-electron chi connectivity index (χ1n) is 9.46. The molecule has 0 N–H and O–H groups in total. The van der Waals surface area contributed by atoms with Crippen LogP contribution in [-0.2, 0) is 10.0 Å². The molecule has 152 valence electrons. The molecule has 0 saturated heterocycles. The van der Waals surface area contributed by atoms with E-state index in [1.165, 1.54) is 17.8 Å². The molecular weight excluding hydrogens is 536 g/mol. The van der Waals surface area contributed by atoms with E-state index < -0.39 is 10.0 Å². The smallest absolute Gasteiger partial charge is 0.285 e. The standard InChI is InChI=1S/C21H20Br2N2O2S2/c22-16-8-6-15(7-9-16)20-14-28-21(25(20)18-4-2-1-3-5-18)24-29(26,27)19-12-10-17(23)11-13-19/h6-14,18H,1-5H2. The molecule has 1 aromatic heterocycles. The van der Waals surface area contributed by atoms with Gasteiger partial charge in [-0.1, -0.05) is 63.3 Å². The van der Waals surface area contributed by atoms with E-state index in [1.54, 1.807) is 24.3 Å². The molecule has 2 aromatic carbocycles. The van der Waals surface area contributed by atoms with Crippen LogP contribution in [0.2, 0.25) is 0 Å². The van der Waals surface area contributed by atoms with Gasteiger partial charge in [0.1, 0.15) is 0 Å². The molecule has 0 aliphatic heterocycles. The van der Waals surface area contributed by atoms with Crippen molar-refractivity contribution in [2.24, 2.45) is 4.40 Å². The van der Waals surface area contributed by atoms with Gasteiger partial charge in [0.05, 0.1) is 10.6 Å². The number of rotatable bonds is 4. The minimum absolute atomic E-state index is 0.203. The van der Waals surface area contributed by atoms with Gasteiger partial charge in [-0.05, 0) is 54.8 Å². The Morgan fingerprint density at radius 3 is 2.10 bits per heavy atom. The summed E-state index contributed by atoms with van der Waals surface area (Å²) in [6.07, 6.45) is 5.65.